The van der Waals surface area contributed by atoms with Crippen LogP contribution >= 0.6 is 11.3 Å². The first-order valence-corrected chi connectivity index (χ1v) is 11.3. The predicted molar refractivity (Wildman–Crippen MR) is 126 cm³/mol. The van der Waals surface area contributed by atoms with Crippen LogP contribution in [0.3, 0.4) is 0 Å². The molecule has 1 amide bonds. The summed E-state index contributed by atoms with van der Waals surface area (Å²) in [5.41, 5.74) is 3.33. The van der Waals surface area contributed by atoms with Gasteiger partial charge >= 0.3 is 0 Å². The first-order valence-electron chi connectivity index (χ1n) is 10.4. The number of aromatic nitrogens is 1. The Morgan fingerprint density at radius 2 is 1.83 bits per heavy atom. The van der Waals surface area contributed by atoms with E-state index in [0.717, 1.165) is 11.2 Å². The molecule has 2 aromatic carbocycles. The van der Waals surface area contributed by atoms with Gasteiger partial charge in [0.05, 0.1) is 6.04 Å². The summed E-state index contributed by atoms with van der Waals surface area (Å²) in [6.45, 7) is 5.31. The van der Waals surface area contributed by atoms with Crippen LogP contribution in [0.15, 0.2) is 78.3 Å². The van der Waals surface area contributed by atoms with Crippen molar-refractivity contribution in [1.82, 2.24) is 10.3 Å². The largest absolute Gasteiger partial charge is 0.361 e. The maximum Gasteiger partial charge on any atom is 0.243 e. The number of aromatic amines is 1. The topological polar surface area (TPSA) is 48.1 Å². The molecule has 2 N–H and O–H groups in total. The number of H-pyrrole nitrogens is 1. The van der Waals surface area contributed by atoms with Crippen molar-refractivity contribution in [3.63, 3.8) is 0 Å². The number of fused-ring (bicyclic) bond motifs is 1. The Balaban J connectivity index is 1.53. The van der Waals surface area contributed by atoms with Gasteiger partial charge in [-0.25, -0.2) is 0 Å². The Hall–Kier alpha value is -2.89. The maximum absolute atomic E-state index is 13.1. The van der Waals surface area contributed by atoms with Crippen LogP contribution in [0.5, 0.6) is 0 Å². The fraction of sp³-hybridized carbons (Fsp3) is 0.240. The SMILES string of the molecule is CCN(C(=O)[C@H](C)NC[C@@H](c1cccs1)c1c[nH]c2ccccc12)c1ccccc1. The van der Waals surface area contributed by atoms with Gasteiger partial charge < -0.3 is 15.2 Å². The lowest BCUT2D eigenvalue weighted by Crippen LogP contribution is -2.46. The van der Waals surface area contributed by atoms with Gasteiger partial charge in [-0.1, -0.05) is 42.5 Å². The molecule has 0 bridgehead atoms. The van der Waals surface area contributed by atoms with E-state index in [4.69, 9.17) is 0 Å². The minimum atomic E-state index is -0.280. The van der Waals surface area contributed by atoms with Crippen molar-refractivity contribution in [1.29, 1.82) is 0 Å². The van der Waals surface area contributed by atoms with Gasteiger partial charge in [-0.2, -0.15) is 0 Å². The Kier molecular flexibility index (Phi) is 6.31. The third-order valence-corrected chi connectivity index (χ3v) is 6.52. The van der Waals surface area contributed by atoms with Gasteiger partial charge in [0.25, 0.3) is 0 Å². The van der Waals surface area contributed by atoms with E-state index in [1.807, 2.05) is 55.1 Å². The number of nitrogens with one attached hydrogen (secondary N) is 2. The highest BCUT2D eigenvalue weighted by molar-refractivity contribution is 7.10. The minimum Gasteiger partial charge on any atom is -0.361 e. The third-order valence-electron chi connectivity index (χ3n) is 5.53. The lowest BCUT2D eigenvalue weighted by molar-refractivity contribution is -0.120. The molecule has 0 aliphatic rings. The van der Waals surface area contributed by atoms with E-state index in [1.54, 1.807) is 11.3 Å². The molecule has 154 valence electrons. The summed E-state index contributed by atoms with van der Waals surface area (Å²) in [5.74, 6) is 0.274. The lowest BCUT2D eigenvalue weighted by atomic mass is 9.96. The number of likely N-dealkylation sites (N-methyl/N-ethyl adjacent to an activating group) is 1. The zero-order valence-electron chi connectivity index (χ0n) is 17.3. The standard InChI is InChI=1S/C25H27N3OS/c1-3-28(19-10-5-4-6-11-19)25(29)18(2)26-17-22(24-14-9-15-30-24)21-16-27-23-13-8-7-12-20(21)23/h4-16,18,22,26-27H,3,17H2,1-2H3/t18-,22+/m0/s1. The predicted octanol–water partition coefficient (Wildman–Crippen LogP) is 5.39. The van der Waals surface area contributed by atoms with Crippen LogP contribution in [0.4, 0.5) is 5.69 Å². The van der Waals surface area contributed by atoms with Crippen LogP contribution in [0.1, 0.15) is 30.2 Å². The number of amides is 1. The first kappa shape index (κ1) is 20.4. The molecule has 0 unspecified atom stereocenters. The van der Waals surface area contributed by atoms with Crippen molar-refractivity contribution < 1.29 is 4.79 Å². The number of hydrogen-bond donors (Lipinski definition) is 2. The van der Waals surface area contributed by atoms with Gasteiger partial charge in [0.2, 0.25) is 5.91 Å². The van der Waals surface area contributed by atoms with E-state index in [0.29, 0.717) is 13.1 Å². The average molecular weight is 418 g/mol. The van der Waals surface area contributed by atoms with Crippen LogP contribution < -0.4 is 10.2 Å². The summed E-state index contributed by atoms with van der Waals surface area (Å²) in [6.07, 6.45) is 2.10. The van der Waals surface area contributed by atoms with Crippen molar-refractivity contribution in [2.24, 2.45) is 0 Å². The van der Waals surface area contributed by atoms with Crippen molar-refractivity contribution in [3.8, 4) is 0 Å². The molecular weight excluding hydrogens is 390 g/mol. The molecule has 0 aliphatic heterocycles. The summed E-state index contributed by atoms with van der Waals surface area (Å²) >= 11 is 1.76. The molecule has 0 radical (unpaired) electrons. The van der Waals surface area contributed by atoms with Crippen LogP contribution in [-0.4, -0.2) is 30.0 Å². The average Bonchev–Trinajstić information content (AvgIpc) is 3.46. The molecule has 0 fully saturated rings. The number of hydrogen-bond acceptors (Lipinski definition) is 3. The normalized spacial score (nSPS) is 13.3. The van der Waals surface area contributed by atoms with Crippen LogP contribution in [-0.2, 0) is 4.79 Å². The molecule has 0 saturated carbocycles. The van der Waals surface area contributed by atoms with E-state index in [1.165, 1.54) is 15.8 Å². The summed E-state index contributed by atoms with van der Waals surface area (Å²) in [4.78, 5) is 19.7. The van der Waals surface area contributed by atoms with Crippen molar-refractivity contribution in [2.45, 2.75) is 25.8 Å². The molecular formula is C25H27N3OS. The van der Waals surface area contributed by atoms with E-state index in [2.05, 4.69) is 52.2 Å². The van der Waals surface area contributed by atoms with Gasteiger partial charge in [0, 0.05) is 46.7 Å². The van der Waals surface area contributed by atoms with Crippen LogP contribution in [0, 0.1) is 0 Å². The second-order valence-electron chi connectivity index (χ2n) is 7.41. The molecule has 2 heterocycles. The number of nitrogens with zero attached hydrogens (tertiary/aromatic N) is 1. The fourth-order valence-electron chi connectivity index (χ4n) is 3.92. The lowest BCUT2D eigenvalue weighted by Gasteiger charge is -2.26. The van der Waals surface area contributed by atoms with E-state index in [9.17, 15) is 4.79 Å². The number of carbonyl (C=O) groups excluding carboxylic acids is 1. The molecule has 5 heteroatoms. The van der Waals surface area contributed by atoms with E-state index >= 15 is 0 Å². The molecule has 2 aromatic heterocycles. The summed E-state index contributed by atoms with van der Waals surface area (Å²) in [7, 11) is 0. The summed E-state index contributed by atoms with van der Waals surface area (Å²) in [5, 5.41) is 6.85. The van der Waals surface area contributed by atoms with Gasteiger partial charge in [-0.3, -0.25) is 4.79 Å². The Morgan fingerprint density at radius 3 is 2.57 bits per heavy atom. The van der Waals surface area contributed by atoms with Crippen LogP contribution in [0.2, 0.25) is 0 Å². The zero-order valence-corrected chi connectivity index (χ0v) is 18.2. The number of para-hydroxylation sites is 2. The Labute approximate surface area is 181 Å². The number of thiophene rings is 1. The van der Waals surface area contributed by atoms with Crippen molar-refractivity contribution in [3.05, 3.63) is 88.7 Å². The molecule has 4 rings (SSSR count). The monoisotopic (exact) mass is 417 g/mol. The molecule has 4 nitrogen and oxygen atoms in total. The van der Waals surface area contributed by atoms with E-state index < -0.39 is 0 Å². The highest BCUT2D eigenvalue weighted by atomic mass is 32.1. The van der Waals surface area contributed by atoms with Crippen LogP contribution in [0.25, 0.3) is 10.9 Å². The second kappa shape index (κ2) is 9.28. The molecule has 0 aliphatic carbocycles. The fourth-order valence-corrected chi connectivity index (χ4v) is 4.77. The molecule has 0 spiro atoms. The molecule has 2 atom stereocenters. The number of rotatable bonds is 8. The number of carbonyl (C=O) groups is 1. The minimum absolute atomic E-state index is 0.0903. The van der Waals surface area contributed by atoms with Crippen molar-refractivity contribution in [2.75, 3.05) is 18.0 Å². The van der Waals surface area contributed by atoms with Gasteiger partial charge in [-0.05, 0) is 49.1 Å². The second-order valence-corrected chi connectivity index (χ2v) is 8.38. The van der Waals surface area contributed by atoms with Crippen molar-refractivity contribution >= 4 is 33.8 Å². The quantitative estimate of drug-likeness (QED) is 0.404. The van der Waals surface area contributed by atoms with E-state index in [-0.39, 0.29) is 17.9 Å². The number of benzene rings is 2. The van der Waals surface area contributed by atoms with Gasteiger partial charge in [0.1, 0.15) is 0 Å². The Morgan fingerprint density at radius 1 is 1.07 bits per heavy atom. The number of anilines is 1. The van der Waals surface area contributed by atoms with Gasteiger partial charge in [-0.15, -0.1) is 11.3 Å². The first-order chi connectivity index (χ1) is 14.7. The highest BCUT2D eigenvalue weighted by Gasteiger charge is 2.24. The maximum atomic E-state index is 13.1. The molecule has 4 aromatic rings. The third kappa shape index (κ3) is 4.18. The zero-order chi connectivity index (χ0) is 20.9. The summed E-state index contributed by atoms with van der Waals surface area (Å²) < 4.78 is 0. The van der Waals surface area contributed by atoms with Gasteiger partial charge in [0.15, 0.2) is 0 Å². The Bertz CT molecular complexity index is 1090. The molecule has 0 saturated heterocycles. The molecule has 30 heavy (non-hydrogen) atoms. The summed E-state index contributed by atoms with van der Waals surface area (Å²) in [6, 6.07) is 22.2. The smallest absolute Gasteiger partial charge is 0.243 e. The highest BCUT2D eigenvalue weighted by Crippen LogP contribution is 2.33.